The quantitative estimate of drug-likeness (QED) is 0.772. The molecule has 1 aliphatic heterocycles. The van der Waals surface area contributed by atoms with Gasteiger partial charge >= 0.3 is 0 Å². The Morgan fingerprint density at radius 2 is 2.16 bits per heavy atom. The largest absolute Gasteiger partial charge is 0.326 e. The Labute approximate surface area is 110 Å². The number of carbonyl (C=O) groups excluding carboxylic acids is 2. The molecule has 1 atom stereocenters. The minimum absolute atomic E-state index is 0.0862. The summed E-state index contributed by atoms with van der Waals surface area (Å²) in [7, 11) is 0. The molecule has 5 nitrogen and oxygen atoms in total. The fourth-order valence-corrected chi connectivity index (χ4v) is 2.02. The van der Waals surface area contributed by atoms with Crippen LogP contribution < -0.4 is 16.0 Å². The van der Waals surface area contributed by atoms with Crippen LogP contribution in [0.1, 0.15) is 13.3 Å². The topological polar surface area (TPSA) is 70.2 Å². The van der Waals surface area contributed by atoms with Crippen molar-refractivity contribution in [1.82, 2.24) is 5.32 Å². The van der Waals surface area contributed by atoms with Crippen LogP contribution in [-0.4, -0.2) is 24.9 Å². The third-order valence-corrected chi connectivity index (χ3v) is 2.98. The Morgan fingerprint density at radius 3 is 2.79 bits per heavy atom. The van der Waals surface area contributed by atoms with Crippen molar-refractivity contribution in [2.24, 2.45) is 5.92 Å². The zero-order chi connectivity index (χ0) is 13.8. The number of nitrogens with one attached hydrogen (secondary N) is 3. The molecule has 2 rings (SSSR count). The predicted octanol–water partition coefficient (Wildman–Crippen LogP) is 1.33. The fraction of sp³-hybridized carbons (Fsp3) is 0.385. The maximum absolute atomic E-state index is 13.6. The Hall–Kier alpha value is -1.95. The van der Waals surface area contributed by atoms with Crippen molar-refractivity contribution in [3.63, 3.8) is 0 Å². The molecule has 0 bridgehead atoms. The summed E-state index contributed by atoms with van der Waals surface area (Å²) in [5.41, 5.74) is 0.539. The molecule has 1 heterocycles. The first-order valence-corrected chi connectivity index (χ1v) is 6.15. The average Bonchev–Trinajstić information content (AvgIpc) is 2.86. The molecule has 1 saturated heterocycles. The fourth-order valence-electron chi connectivity index (χ4n) is 2.02. The minimum atomic E-state index is -0.520. The summed E-state index contributed by atoms with van der Waals surface area (Å²) in [6, 6.07) is 4.08. The Kier molecular flexibility index (Phi) is 4.11. The van der Waals surface area contributed by atoms with Crippen molar-refractivity contribution >= 4 is 23.2 Å². The third kappa shape index (κ3) is 3.51. The van der Waals surface area contributed by atoms with Crippen molar-refractivity contribution in [3.05, 3.63) is 24.0 Å². The van der Waals surface area contributed by atoms with Crippen LogP contribution in [0.3, 0.4) is 0 Å². The van der Waals surface area contributed by atoms with E-state index in [1.54, 1.807) is 0 Å². The Morgan fingerprint density at radius 1 is 1.37 bits per heavy atom. The van der Waals surface area contributed by atoms with Gasteiger partial charge in [0.05, 0.1) is 11.6 Å². The van der Waals surface area contributed by atoms with Crippen molar-refractivity contribution in [2.45, 2.75) is 13.3 Å². The van der Waals surface area contributed by atoms with Gasteiger partial charge in [-0.25, -0.2) is 4.39 Å². The molecule has 1 unspecified atom stereocenters. The number of benzene rings is 1. The first-order chi connectivity index (χ1) is 9.06. The van der Waals surface area contributed by atoms with Crippen LogP contribution in [0.15, 0.2) is 18.2 Å². The van der Waals surface area contributed by atoms with Gasteiger partial charge in [0.2, 0.25) is 11.8 Å². The lowest BCUT2D eigenvalue weighted by molar-refractivity contribution is -0.119. The summed E-state index contributed by atoms with van der Waals surface area (Å²) >= 11 is 0. The molecular weight excluding hydrogens is 249 g/mol. The number of carbonyl (C=O) groups is 2. The molecule has 1 aromatic carbocycles. The predicted molar refractivity (Wildman–Crippen MR) is 70.3 cm³/mol. The molecule has 1 aromatic rings. The van der Waals surface area contributed by atoms with Crippen LogP contribution in [0.25, 0.3) is 0 Å². The van der Waals surface area contributed by atoms with E-state index in [0.717, 1.165) is 13.0 Å². The summed E-state index contributed by atoms with van der Waals surface area (Å²) in [6.07, 6.45) is 0.749. The standard InChI is InChI=1S/C13H16FN3O2/c1-8(18)16-10-2-3-11(14)12(6-10)17-13(19)9-4-5-15-7-9/h2-3,6,9,15H,4-5,7H2,1H3,(H,16,18)(H,17,19). The molecule has 1 aliphatic rings. The monoisotopic (exact) mass is 265 g/mol. The van der Waals surface area contributed by atoms with Crippen LogP contribution in [0, 0.1) is 11.7 Å². The second-order valence-corrected chi connectivity index (χ2v) is 4.55. The summed E-state index contributed by atoms with van der Waals surface area (Å²) < 4.78 is 13.6. The van der Waals surface area contributed by atoms with Gasteiger partial charge in [0.1, 0.15) is 5.82 Å². The van der Waals surface area contributed by atoms with Gasteiger partial charge in [0.25, 0.3) is 0 Å². The highest BCUT2D eigenvalue weighted by molar-refractivity contribution is 5.94. The second kappa shape index (κ2) is 5.79. The van der Waals surface area contributed by atoms with Gasteiger partial charge in [-0.15, -0.1) is 0 Å². The Bertz CT molecular complexity index is 499. The molecule has 6 heteroatoms. The number of halogens is 1. The summed E-state index contributed by atoms with van der Waals surface area (Å²) in [6.45, 7) is 2.77. The summed E-state index contributed by atoms with van der Waals surface area (Å²) in [5.74, 6) is -1.11. The molecular formula is C13H16FN3O2. The van der Waals surface area contributed by atoms with E-state index in [1.807, 2.05) is 0 Å². The van der Waals surface area contributed by atoms with Crippen LogP contribution >= 0.6 is 0 Å². The molecule has 2 amide bonds. The number of hydrogen-bond acceptors (Lipinski definition) is 3. The van der Waals surface area contributed by atoms with E-state index in [2.05, 4.69) is 16.0 Å². The number of amides is 2. The maximum Gasteiger partial charge on any atom is 0.228 e. The molecule has 0 spiro atoms. The van der Waals surface area contributed by atoms with E-state index in [1.165, 1.54) is 25.1 Å². The van der Waals surface area contributed by atoms with Crippen LogP contribution in [0.4, 0.5) is 15.8 Å². The van der Waals surface area contributed by atoms with E-state index in [-0.39, 0.29) is 23.4 Å². The number of hydrogen-bond donors (Lipinski definition) is 3. The first-order valence-electron chi connectivity index (χ1n) is 6.15. The van der Waals surface area contributed by atoms with E-state index in [4.69, 9.17) is 0 Å². The normalized spacial score (nSPS) is 18.1. The maximum atomic E-state index is 13.6. The lowest BCUT2D eigenvalue weighted by atomic mass is 10.1. The lowest BCUT2D eigenvalue weighted by Crippen LogP contribution is -2.25. The van der Waals surface area contributed by atoms with Gasteiger partial charge in [-0.05, 0) is 31.2 Å². The highest BCUT2D eigenvalue weighted by atomic mass is 19.1. The number of anilines is 2. The zero-order valence-corrected chi connectivity index (χ0v) is 10.6. The average molecular weight is 265 g/mol. The van der Waals surface area contributed by atoms with E-state index in [9.17, 15) is 14.0 Å². The minimum Gasteiger partial charge on any atom is -0.326 e. The zero-order valence-electron chi connectivity index (χ0n) is 10.6. The summed E-state index contributed by atoms with van der Waals surface area (Å²) in [4.78, 5) is 22.8. The first kappa shape index (κ1) is 13.5. The van der Waals surface area contributed by atoms with Gasteiger partial charge in [-0.1, -0.05) is 0 Å². The molecule has 3 N–H and O–H groups in total. The molecule has 0 aliphatic carbocycles. The van der Waals surface area contributed by atoms with Crippen LogP contribution in [0.2, 0.25) is 0 Å². The van der Waals surface area contributed by atoms with E-state index < -0.39 is 5.82 Å². The van der Waals surface area contributed by atoms with Gasteiger partial charge in [-0.2, -0.15) is 0 Å². The molecule has 0 aromatic heterocycles. The lowest BCUT2D eigenvalue weighted by Gasteiger charge is -2.12. The molecule has 102 valence electrons. The van der Waals surface area contributed by atoms with E-state index >= 15 is 0 Å². The van der Waals surface area contributed by atoms with Crippen LogP contribution in [0.5, 0.6) is 0 Å². The second-order valence-electron chi connectivity index (χ2n) is 4.55. The van der Waals surface area contributed by atoms with Gasteiger partial charge in [0, 0.05) is 19.2 Å². The molecule has 19 heavy (non-hydrogen) atoms. The van der Waals surface area contributed by atoms with Crippen LogP contribution in [-0.2, 0) is 9.59 Å². The SMILES string of the molecule is CC(=O)Nc1ccc(F)c(NC(=O)C2CCNC2)c1. The molecule has 0 radical (unpaired) electrons. The highest BCUT2D eigenvalue weighted by Crippen LogP contribution is 2.21. The van der Waals surface area contributed by atoms with Crippen molar-refractivity contribution in [3.8, 4) is 0 Å². The summed E-state index contributed by atoms with van der Waals surface area (Å²) in [5, 5.41) is 8.19. The van der Waals surface area contributed by atoms with E-state index in [0.29, 0.717) is 12.2 Å². The number of rotatable bonds is 3. The Balaban J connectivity index is 2.09. The molecule has 1 fully saturated rings. The van der Waals surface area contributed by atoms with Gasteiger partial charge < -0.3 is 16.0 Å². The van der Waals surface area contributed by atoms with Gasteiger partial charge in [-0.3, -0.25) is 9.59 Å². The molecule has 0 saturated carbocycles. The van der Waals surface area contributed by atoms with Crippen molar-refractivity contribution in [1.29, 1.82) is 0 Å². The van der Waals surface area contributed by atoms with Crippen molar-refractivity contribution in [2.75, 3.05) is 23.7 Å². The van der Waals surface area contributed by atoms with Crippen molar-refractivity contribution < 1.29 is 14.0 Å². The smallest absolute Gasteiger partial charge is 0.228 e. The van der Waals surface area contributed by atoms with Gasteiger partial charge in [0.15, 0.2) is 0 Å². The third-order valence-electron chi connectivity index (χ3n) is 2.98. The highest BCUT2D eigenvalue weighted by Gasteiger charge is 2.23.